The van der Waals surface area contributed by atoms with Crippen molar-refractivity contribution in [2.75, 3.05) is 12.3 Å². The van der Waals surface area contributed by atoms with Gasteiger partial charge in [0.2, 0.25) is 0 Å². The Bertz CT molecular complexity index is 625. The monoisotopic (exact) mass is 246 g/mol. The second-order valence-electron chi connectivity index (χ2n) is 3.39. The quantitative estimate of drug-likeness (QED) is 0.826. The summed E-state index contributed by atoms with van der Waals surface area (Å²) in [7, 11) is 0. The van der Waals surface area contributed by atoms with E-state index in [4.69, 9.17) is 15.7 Å². The Morgan fingerprint density at radius 2 is 2.35 bits per heavy atom. The van der Waals surface area contributed by atoms with Crippen molar-refractivity contribution in [2.24, 2.45) is 0 Å². The fourth-order valence-electron chi connectivity index (χ4n) is 1.53. The Labute approximate surface area is 102 Å². The molecule has 5 heteroatoms. The number of rotatable bonds is 2. The molecular formula is C12H10N2O2S. The first-order valence-electron chi connectivity index (χ1n) is 5.06. The van der Waals surface area contributed by atoms with Gasteiger partial charge in [-0.25, -0.2) is 4.79 Å². The van der Waals surface area contributed by atoms with Crippen LogP contribution in [0.2, 0.25) is 0 Å². The normalized spacial score (nSPS) is 10.1. The molecule has 2 aromatic rings. The van der Waals surface area contributed by atoms with Gasteiger partial charge < -0.3 is 10.5 Å². The van der Waals surface area contributed by atoms with E-state index in [1.807, 2.05) is 6.07 Å². The van der Waals surface area contributed by atoms with Gasteiger partial charge >= 0.3 is 5.97 Å². The molecule has 0 saturated heterocycles. The summed E-state index contributed by atoms with van der Waals surface area (Å²) in [5, 5.41) is 9.54. The van der Waals surface area contributed by atoms with E-state index in [0.29, 0.717) is 22.7 Å². The Hall–Kier alpha value is -2.06. The predicted octanol–water partition coefficient (Wildman–Crippen LogP) is 2.53. The molecule has 0 spiro atoms. The van der Waals surface area contributed by atoms with Crippen LogP contribution in [0, 0.1) is 11.3 Å². The van der Waals surface area contributed by atoms with Crippen molar-refractivity contribution in [1.29, 1.82) is 5.26 Å². The van der Waals surface area contributed by atoms with Crippen LogP contribution in [0.25, 0.3) is 10.1 Å². The maximum Gasteiger partial charge on any atom is 0.350 e. The largest absolute Gasteiger partial charge is 0.462 e. The topological polar surface area (TPSA) is 76.1 Å². The highest BCUT2D eigenvalue weighted by Crippen LogP contribution is 2.34. The number of anilines is 1. The molecule has 0 aliphatic carbocycles. The smallest absolute Gasteiger partial charge is 0.350 e. The number of fused-ring (bicyclic) bond motifs is 1. The molecule has 0 unspecified atom stereocenters. The molecule has 4 nitrogen and oxygen atoms in total. The maximum atomic E-state index is 11.6. The molecule has 0 aliphatic heterocycles. The third-order valence-corrected chi connectivity index (χ3v) is 3.48. The SMILES string of the molecule is CCOC(=O)c1sc2ccc(C#N)cc2c1N. The first-order chi connectivity index (χ1) is 8.17. The van der Waals surface area contributed by atoms with E-state index in [0.717, 1.165) is 10.1 Å². The summed E-state index contributed by atoms with van der Waals surface area (Å²) in [6, 6.07) is 7.22. The molecule has 17 heavy (non-hydrogen) atoms. The number of ether oxygens (including phenoxy) is 1. The number of carbonyl (C=O) groups excluding carboxylic acids is 1. The molecule has 0 aliphatic rings. The maximum absolute atomic E-state index is 11.6. The van der Waals surface area contributed by atoms with Crippen molar-refractivity contribution in [1.82, 2.24) is 0 Å². The molecule has 0 amide bonds. The molecule has 0 fully saturated rings. The number of nitrogens with zero attached hydrogens (tertiary/aromatic N) is 1. The second kappa shape index (κ2) is 4.44. The van der Waals surface area contributed by atoms with Gasteiger partial charge in [-0.1, -0.05) is 0 Å². The lowest BCUT2D eigenvalue weighted by molar-refractivity contribution is 0.0533. The molecule has 1 aromatic carbocycles. The lowest BCUT2D eigenvalue weighted by Gasteiger charge is -1.99. The molecule has 0 atom stereocenters. The second-order valence-corrected chi connectivity index (χ2v) is 4.44. The summed E-state index contributed by atoms with van der Waals surface area (Å²) < 4.78 is 5.80. The highest BCUT2D eigenvalue weighted by molar-refractivity contribution is 7.21. The number of hydrogen-bond donors (Lipinski definition) is 1. The van der Waals surface area contributed by atoms with E-state index in [1.165, 1.54) is 11.3 Å². The summed E-state index contributed by atoms with van der Waals surface area (Å²) >= 11 is 1.28. The summed E-state index contributed by atoms with van der Waals surface area (Å²) in [5.41, 5.74) is 6.81. The zero-order valence-corrected chi connectivity index (χ0v) is 10.0. The summed E-state index contributed by atoms with van der Waals surface area (Å²) in [6.07, 6.45) is 0. The average Bonchev–Trinajstić information content (AvgIpc) is 2.67. The van der Waals surface area contributed by atoms with Crippen LogP contribution in [0.4, 0.5) is 5.69 Å². The highest BCUT2D eigenvalue weighted by Gasteiger charge is 2.17. The number of nitriles is 1. The van der Waals surface area contributed by atoms with E-state index < -0.39 is 5.97 Å². The third-order valence-electron chi connectivity index (χ3n) is 2.32. The number of hydrogen-bond acceptors (Lipinski definition) is 5. The van der Waals surface area contributed by atoms with Crippen LogP contribution in [-0.2, 0) is 4.74 Å². The fraction of sp³-hybridized carbons (Fsp3) is 0.167. The summed E-state index contributed by atoms with van der Waals surface area (Å²) in [6.45, 7) is 2.06. The molecular weight excluding hydrogens is 236 g/mol. The Kier molecular flexibility index (Phi) is 2.98. The molecule has 86 valence electrons. The van der Waals surface area contributed by atoms with Gasteiger partial charge in [-0.3, -0.25) is 0 Å². The Morgan fingerprint density at radius 1 is 1.59 bits per heavy atom. The standard InChI is InChI=1S/C12H10N2O2S/c1-2-16-12(15)11-10(14)8-5-7(6-13)3-4-9(8)17-11/h3-5H,2,14H2,1H3. The van der Waals surface area contributed by atoms with Crippen LogP contribution in [-0.4, -0.2) is 12.6 Å². The average molecular weight is 246 g/mol. The Morgan fingerprint density at radius 3 is 3.00 bits per heavy atom. The van der Waals surface area contributed by atoms with Crippen LogP contribution >= 0.6 is 11.3 Å². The number of nitrogen functional groups attached to an aromatic ring is 1. The van der Waals surface area contributed by atoms with Gasteiger partial charge in [0.15, 0.2) is 0 Å². The van der Waals surface area contributed by atoms with Gasteiger partial charge in [-0.15, -0.1) is 11.3 Å². The number of benzene rings is 1. The summed E-state index contributed by atoms with van der Waals surface area (Å²) in [5.74, 6) is -0.412. The van der Waals surface area contributed by atoms with Gasteiger partial charge in [0.05, 0.1) is 23.9 Å². The van der Waals surface area contributed by atoms with Gasteiger partial charge in [0.25, 0.3) is 0 Å². The molecule has 2 rings (SSSR count). The molecule has 0 bridgehead atoms. The first-order valence-corrected chi connectivity index (χ1v) is 5.88. The zero-order chi connectivity index (χ0) is 12.4. The van der Waals surface area contributed by atoms with Gasteiger partial charge in [-0.05, 0) is 25.1 Å². The highest BCUT2D eigenvalue weighted by atomic mass is 32.1. The van der Waals surface area contributed by atoms with Crippen LogP contribution in [0.3, 0.4) is 0 Å². The van der Waals surface area contributed by atoms with Crippen molar-refractivity contribution < 1.29 is 9.53 Å². The lowest BCUT2D eigenvalue weighted by atomic mass is 10.1. The lowest BCUT2D eigenvalue weighted by Crippen LogP contribution is -2.04. The minimum absolute atomic E-state index is 0.315. The van der Waals surface area contributed by atoms with Crippen molar-refractivity contribution >= 4 is 33.1 Å². The van der Waals surface area contributed by atoms with Crippen molar-refractivity contribution in [3.05, 3.63) is 28.6 Å². The Balaban J connectivity index is 2.57. The first kappa shape index (κ1) is 11.4. The minimum atomic E-state index is -0.412. The van der Waals surface area contributed by atoms with Crippen LogP contribution in [0.1, 0.15) is 22.2 Å². The zero-order valence-electron chi connectivity index (χ0n) is 9.19. The van der Waals surface area contributed by atoms with E-state index in [9.17, 15) is 4.79 Å². The van der Waals surface area contributed by atoms with Crippen LogP contribution in [0.15, 0.2) is 18.2 Å². The predicted molar refractivity (Wildman–Crippen MR) is 66.9 cm³/mol. The van der Waals surface area contributed by atoms with Gasteiger partial charge in [0, 0.05) is 10.1 Å². The minimum Gasteiger partial charge on any atom is -0.462 e. The molecule has 1 aromatic heterocycles. The van der Waals surface area contributed by atoms with Crippen molar-refractivity contribution in [3.8, 4) is 6.07 Å². The van der Waals surface area contributed by atoms with Gasteiger partial charge in [-0.2, -0.15) is 5.26 Å². The number of thiophene rings is 1. The van der Waals surface area contributed by atoms with Crippen molar-refractivity contribution in [2.45, 2.75) is 6.92 Å². The van der Waals surface area contributed by atoms with Crippen LogP contribution < -0.4 is 5.73 Å². The van der Waals surface area contributed by atoms with Crippen molar-refractivity contribution in [3.63, 3.8) is 0 Å². The number of esters is 1. The third kappa shape index (κ3) is 1.95. The van der Waals surface area contributed by atoms with E-state index >= 15 is 0 Å². The van der Waals surface area contributed by atoms with Crippen LogP contribution in [0.5, 0.6) is 0 Å². The van der Waals surface area contributed by atoms with E-state index in [-0.39, 0.29) is 0 Å². The van der Waals surface area contributed by atoms with E-state index in [2.05, 4.69) is 0 Å². The number of nitrogens with two attached hydrogens (primary N) is 1. The molecule has 1 heterocycles. The molecule has 0 radical (unpaired) electrons. The number of carbonyl (C=O) groups is 1. The fourth-order valence-corrected chi connectivity index (χ4v) is 2.53. The van der Waals surface area contributed by atoms with E-state index in [1.54, 1.807) is 25.1 Å². The van der Waals surface area contributed by atoms with Gasteiger partial charge in [0.1, 0.15) is 4.88 Å². The molecule has 0 saturated carbocycles. The summed E-state index contributed by atoms with van der Waals surface area (Å²) in [4.78, 5) is 12.0. The molecule has 2 N–H and O–H groups in total.